The number of aromatic nitrogens is 1. The Hall–Kier alpha value is -1.97. The third-order valence-corrected chi connectivity index (χ3v) is 7.04. The van der Waals surface area contributed by atoms with E-state index >= 15 is 0 Å². The summed E-state index contributed by atoms with van der Waals surface area (Å²) in [5.41, 5.74) is 0.856. The Kier molecular flexibility index (Phi) is 6.74. The van der Waals surface area contributed by atoms with Gasteiger partial charge < -0.3 is 0 Å². The van der Waals surface area contributed by atoms with Crippen LogP contribution < -0.4 is 0 Å². The van der Waals surface area contributed by atoms with Crippen LogP contribution >= 0.6 is 11.8 Å². The first-order valence-electron chi connectivity index (χ1n) is 8.16. The zero-order valence-corrected chi connectivity index (χ0v) is 16.5. The number of pyridine rings is 1. The summed E-state index contributed by atoms with van der Waals surface area (Å²) in [5.74, 6) is 0. The summed E-state index contributed by atoms with van der Waals surface area (Å²) >= 11 is 1.41. The van der Waals surface area contributed by atoms with Crippen LogP contribution in [0.5, 0.6) is 0 Å². The largest absolute Gasteiger partial charge is 0.269 e. The van der Waals surface area contributed by atoms with Gasteiger partial charge in [0.15, 0.2) is 0 Å². The molecular weight excluding hydrogens is 374 g/mol. The quantitative estimate of drug-likeness (QED) is 0.383. The van der Waals surface area contributed by atoms with Crippen LogP contribution in [-0.2, 0) is 10.0 Å². The lowest BCUT2D eigenvalue weighted by atomic mass is 10.1. The number of hydrogen-bond acceptors (Lipinski definition) is 6. The molecule has 0 saturated heterocycles. The number of thioether (sulfide) groups is 1. The second kappa shape index (κ2) is 8.61. The van der Waals surface area contributed by atoms with Gasteiger partial charge in [0.05, 0.1) is 9.95 Å². The standard InChI is InChI=1S/C17H21N3O4S2/c1-4-19(5-2)26(23,24)16-9-10-17(18-12-16)25-13(3)14-7-6-8-15(11-14)20(21)22/h6-13H,4-5H2,1-3H3. The first-order chi connectivity index (χ1) is 12.3. The molecule has 140 valence electrons. The third-order valence-electron chi connectivity index (χ3n) is 3.90. The van der Waals surface area contributed by atoms with Crippen molar-refractivity contribution in [3.05, 3.63) is 58.3 Å². The number of benzene rings is 1. The van der Waals surface area contributed by atoms with Gasteiger partial charge in [0.25, 0.3) is 5.69 Å². The molecule has 7 nitrogen and oxygen atoms in total. The summed E-state index contributed by atoms with van der Waals surface area (Å²) < 4.78 is 26.3. The Labute approximate surface area is 157 Å². The Morgan fingerprint density at radius 2 is 1.92 bits per heavy atom. The molecule has 0 spiro atoms. The van der Waals surface area contributed by atoms with Crippen molar-refractivity contribution < 1.29 is 13.3 Å². The van der Waals surface area contributed by atoms with Crippen molar-refractivity contribution in [2.45, 2.75) is 35.9 Å². The maximum Gasteiger partial charge on any atom is 0.269 e. The molecule has 1 atom stereocenters. The van der Waals surface area contributed by atoms with E-state index < -0.39 is 14.9 Å². The average molecular weight is 396 g/mol. The normalized spacial score (nSPS) is 12.9. The molecule has 9 heteroatoms. The van der Waals surface area contributed by atoms with Gasteiger partial charge in [-0.3, -0.25) is 10.1 Å². The van der Waals surface area contributed by atoms with Crippen molar-refractivity contribution in [3.63, 3.8) is 0 Å². The highest BCUT2D eigenvalue weighted by atomic mass is 32.2. The SMILES string of the molecule is CCN(CC)S(=O)(=O)c1ccc(SC(C)c2cccc([N+](=O)[O-])c2)nc1. The van der Waals surface area contributed by atoms with Crippen molar-refractivity contribution in [2.75, 3.05) is 13.1 Å². The van der Waals surface area contributed by atoms with Gasteiger partial charge in [-0.1, -0.05) is 37.7 Å². The van der Waals surface area contributed by atoms with Gasteiger partial charge in [-0.15, -0.1) is 0 Å². The van der Waals surface area contributed by atoms with Crippen LogP contribution in [0.15, 0.2) is 52.5 Å². The first kappa shape index (κ1) is 20.3. The molecule has 1 heterocycles. The molecule has 0 fully saturated rings. The topological polar surface area (TPSA) is 93.4 Å². The molecule has 1 aromatic heterocycles. The fourth-order valence-electron chi connectivity index (χ4n) is 2.44. The predicted molar refractivity (Wildman–Crippen MR) is 102 cm³/mol. The smallest absolute Gasteiger partial charge is 0.258 e. The molecule has 26 heavy (non-hydrogen) atoms. The Morgan fingerprint density at radius 1 is 1.23 bits per heavy atom. The minimum Gasteiger partial charge on any atom is -0.258 e. The molecule has 0 aliphatic heterocycles. The van der Waals surface area contributed by atoms with E-state index in [1.54, 1.807) is 32.0 Å². The van der Waals surface area contributed by atoms with Gasteiger partial charge in [0.2, 0.25) is 10.0 Å². The van der Waals surface area contributed by atoms with E-state index in [1.165, 1.54) is 34.4 Å². The lowest BCUT2D eigenvalue weighted by molar-refractivity contribution is -0.384. The van der Waals surface area contributed by atoms with Crippen molar-refractivity contribution >= 4 is 27.5 Å². The summed E-state index contributed by atoms with van der Waals surface area (Å²) in [6, 6.07) is 9.67. The van der Waals surface area contributed by atoms with Crippen LogP contribution in [0, 0.1) is 10.1 Å². The fraction of sp³-hybridized carbons (Fsp3) is 0.353. The number of rotatable bonds is 8. The molecule has 0 radical (unpaired) electrons. The van der Waals surface area contributed by atoms with Gasteiger partial charge >= 0.3 is 0 Å². The van der Waals surface area contributed by atoms with Gasteiger partial charge in [-0.05, 0) is 24.6 Å². The first-order valence-corrected chi connectivity index (χ1v) is 10.5. The van der Waals surface area contributed by atoms with Crippen LogP contribution in [0.25, 0.3) is 0 Å². The van der Waals surface area contributed by atoms with E-state index in [0.717, 1.165) is 5.56 Å². The third kappa shape index (κ3) is 4.60. The lowest BCUT2D eigenvalue weighted by Gasteiger charge is -2.18. The molecule has 1 aromatic carbocycles. The molecule has 0 bridgehead atoms. The van der Waals surface area contributed by atoms with Crippen LogP contribution in [0.1, 0.15) is 31.6 Å². The molecule has 0 amide bonds. The molecule has 2 aromatic rings. The molecule has 0 saturated carbocycles. The predicted octanol–water partition coefficient (Wildman–Crippen LogP) is 3.87. The molecule has 0 N–H and O–H groups in total. The Balaban J connectivity index is 2.16. The number of nitro groups is 1. The van der Waals surface area contributed by atoms with Crippen molar-refractivity contribution in [2.24, 2.45) is 0 Å². The summed E-state index contributed by atoms with van der Waals surface area (Å²) in [4.78, 5) is 14.9. The molecular formula is C17H21N3O4S2. The van der Waals surface area contributed by atoms with Crippen LogP contribution in [0.2, 0.25) is 0 Å². The highest BCUT2D eigenvalue weighted by Gasteiger charge is 2.22. The minimum absolute atomic E-state index is 0.0450. The average Bonchev–Trinajstić information content (AvgIpc) is 2.63. The van der Waals surface area contributed by atoms with Gasteiger partial charge in [-0.25, -0.2) is 13.4 Å². The van der Waals surface area contributed by atoms with Crippen molar-refractivity contribution in [1.29, 1.82) is 0 Å². The minimum atomic E-state index is -3.53. The maximum atomic E-state index is 12.5. The zero-order chi connectivity index (χ0) is 19.3. The zero-order valence-electron chi connectivity index (χ0n) is 14.8. The van der Waals surface area contributed by atoms with E-state index in [-0.39, 0.29) is 15.8 Å². The summed E-state index contributed by atoms with van der Waals surface area (Å²) in [6.45, 7) is 6.31. The highest BCUT2D eigenvalue weighted by Crippen LogP contribution is 2.35. The molecule has 0 aliphatic carbocycles. The van der Waals surface area contributed by atoms with Crippen molar-refractivity contribution in [3.8, 4) is 0 Å². The Morgan fingerprint density at radius 3 is 2.46 bits per heavy atom. The maximum absolute atomic E-state index is 12.5. The number of nitro benzene ring substituents is 1. The number of sulfonamides is 1. The van der Waals surface area contributed by atoms with E-state index in [9.17, 15) is 18.5 Å². The van der Waals surface area contributed by atoms with E-state index in [1.807, 2.05) is 13.0 Å². The second-order valence-corrected chi connectivity index (χ2v) is 8.83. The number of nitrogens with zero attached hydrogens (tertiary/aromatic N) is 3. The highest BCUT2D eigenvalue weighted by molar-refractivity contribution is 7.99. The van der Waals surface area contributed by atoms with Crippen molar-refractivity contribution in [1.82, 2.24) is 9.29 Å². The Bertz CT molecular complexity index is 866. The van der Waals surface area contributed by atoms with Gasteiger partial charge in [0.1, 0.15) is 4.90 Å². The number of non-ortho nitro benzene ring substituents is 1. The van der Waals surface area contributed by atoms with Crippen LogP contribution in [-0.4, -0.2) is 35.7 Å². The van der Waals surface area contributed by atoms with E-state index in [2.05, 4.69) is 4.98 Å². The molecule has 0 aliphatic rings. The van der Waals surface area contributed by atoms with Gasteiger partial charge in [0, 0.05) is 36.7 Å². The molecule has 2 rings (SSSR count). The molecule has 1 unspecified atom stereocenters. The second-order valence-electron chi connectivity index (χ2n) is 5.53. The summed E-state index contributed by atoms with van der Waals surface area (Å²) in [6.07, 6.45) is 1.36. The van der Waals surface area contributed by atoms with Crippen LogP contribution in [0.4, 0.5) is 5.69 Å². The van der Waals surface area contributed by atoms with Crippen LogP contribution in [0.3, 0.4) is 0 Å². The lowest BCUT2D eigenvalue weighted by Crippen LogP contribution is -2.30. The monoisotopic (exact) mass is 395 g/mol. The fourth-order valence-corrected chi connectivity index (χ4v) is 4.75. The van der Waals surface area contributed by atoms with E-state index in [0.29, 0.717) is 18.1 Å². The summed E-state index contributed by atoms with van der Waals surface area (Å²) in [7, 11) is -3.53. The summed E-state index contributed by atoms with van der Waals surface area (Å²) in [5, 5.41) is 11.5. The van der Waals surface area contributed by atoms with Gasteiger partial charge in [-0.2, -0.15) is 4.31 Å². The van der Waals surface area contributed by atoms with E-state index in [4.69, 9.17) is 0 Å². The number of hydrogen-bond donors (Lipinski definition) is 0.